The summed E-state index contributed by atoms with van der Waals surface area (Å²) in [5, 5.41) is 9.16. The lowest BCUT2D eigenvalue weighted by Gasteiger charge is -2.35. The number of carboxylic acid groups (broad SMARTS) is 1. The average Bonchev–Trinajstić information content (AvgIpc) is 2.26. The summed E-state index contributed by atoms with van der Waals surface area (Å²) in [4.78, 5) is 13.2. The Morgan fingerprint density at radius 3 is 2.94 bits per heavy atom. The number of hydrogen-bond donors (Lipinski definition) is 1. The van der Waals surface area contributed by atoms with Crippen LogP contribution in [0.4, 0.5) is 0 Å². The predicted octanol–water partition coefficient (Wildman–Crippen LogP) is 1.60. The van der Waals surface area contributed by atoms with Crippen molar-refractivity contribution in [3.05, 3.63) is 0 Å². The van der Waals surface area contributed by atoms with Gasteiger partial charge in [-0.15, -0.1) is 0 Å². The molecule has 4 nitrogen and oxygen atoms in total. The fraction of sp³-hybridized carbons (Fsp3) is 0.917. The van der Waals surface area contributed by atoms with E-state index in [2.05, 4.69) is 11.8 Å². The van der Waals surface area contributed by atoms with Crippen molar-refractivity contribution < 1.29 is 14.6 Å². The molecular weight excluding hydrogens is 206 g/mol. The highest BCUT2D eigenvalue weighted by Crippen LogP contribution is 2.22. The summed E-state index contributed by atoms with van der Waals surface area (Å²) in [6, 6.07) is -0.287. The van der Waals surface area contributed by atoms with E-state index in [9.17, 15) is 4.79 Å². The summed E-state index contributed by atoms with van der Waals surface area (Å²) >= 11 is 0. The van der Waals surface area contributed by atoms with E-state index in [0.717, 1.165) is 45.6 Å². The number of nitrogens with zero attached hydrogens (tertiary/aromatic N) is 1. The van der Waals surface area contributed by atoms with Gasteiger partial charge in [0.2, 0.25) is 0 Å². The van der Waals surface area contributed by atoms with Crippen LogP contribution in [0.3, 0.4) is 0 Å². The second-order valence-corrected chi connectivity index (χ2v) is 4.57. The summed E-state index contributed by atoms with van der Waals surface area (Å²) in [6.07, 6.45) is 2.81. The molecule has 1 aliphatic heterocycles. The molecule has 0 saturated carbocycles. The molecule has 0 radical (unpaired) electrons. The van der Waals surface area contributed by atoms with Gasteiger partial charge in [-0.2, -0.15) is 0 Å². The maximum Gasteiger partial charge on any atom is 0.320 e. The standard InChI is InChI=1S/C12H23NO3/c1-3-16-8-4-6-13-7-5-10(2)9-11(13)12(14)15/h10-11H,3-9H2,1-2H3,(H,14,15). The molecule has 0 amide bonds. The van der Waals surface area contributed by atoms with Crippen LogP contribution >= 0.6 is 0 Å². The van der Waals surface area contributed by atoms with Gasteiger partial charge in [0.15, 0.2) is 0 Å². The summed E-state index contributed by atoms with van der Waals surface area (Å²) in [7, 11) is 0. The monoisotopic (exact) mass is 229 g/mol. The van der Waals surface area contributed by atoms with Gasteiger partial charge in [-0.25, -0.2) is 0 Å². The Balaban J connectivity index is 2.34. The first-order chi connectivity index (χ1) is 7.65. The van der Waals surface area contributed by atoms with Gasteiger partial charge in [-0.3, -0.25) is 9.69 Å². The van der Waals surface area contributed by atoms with Gasteiger partial charge in [0.05, 0.1) is 0 Å². The van der Waals surface area contributed by atoms with Gasteiger partial charge in [0, 0.05) is 19.8 Å². The Bertz CT molecular complexity index is 220. The Morgan fingerprint density at radius 2 is 2.31 bits per heavy atom. The first-order valence-electron chi connectivity index (χ1n) is 6.19. The summed E-state index contributed by atoms with van der Waals surface area (Å²) in [5.74, 6) is -0.146. The molecule has 0 aromatic rings. The van der Waals surface area contributed by atoms with E-state index >= 15 is 0 Å². The normalized spacial score (nSPS) is 26.9. The maximum atomic E-state index is 11.1. The highest BCUT2D eigenvalue weighted by molar-refractivity contribution is 5.73. The van der Waals surface area contributed by atoms with Gasteiger partial charge >= 0.3 is 5.97 Å². The quantitative estimate of drug-likeness (QED) is 0.703. The van der Waals surface area contributed by atoms with E-state index in [4.69, 9.17) is 9.84 Å². The number of aliphatic carboxylic acids is 1. The van der Waals surface area contributed by atoms with Crippen LogP contribution in [-0.4, -0.2) is 48.3 Å². The SMILES string of the molecule is CCOCCCN1CCC(C)CC1C(=O)O. The Morgan fingerprint density at radius 1 is 1.56 bits per heavy atom. The van der Waals surface area contributed by atoms with E-state index in [1.54, 1.807) is 0 Å². The number of rotatable bonds is 6. The molecular formula is C12H23NO3. The number of likely N-dealkylation sites (tertiary alicyclic amines) is 1. The predicted molar refractivity (Wildman–Crippen MR) is 62.5 cm³/mol. The molecule has 2 unspecified atom stereocenters. The lowest BCUT2D eigenvalue weighted by Crippen LogP contribution is -2.47. The third-order valence-electron chi connectivity index (χ3n) is 3.20. The van der Waals surface area contributed by atoms with Crippen LogP contribution < -0.4 is 0 Å². The molecule has 0 aromatic heterocycles. The van der Waals surface area contributed by atoms with Crippen LogP contribution in [0.5, 0.6) is 0 Å². The molecule has 94 valence electrons. The summed E-state index contributed by atoms with van der Waals surface area (Å²) in [6.45, 7) is 7.32. The van der Waals surface area contributed by atoms with Crippen molar-refractivity contribution in [3.8, 4) is 0 Å². The summed E-state index contributed by atoms with van der Waals surface area (Å²) in [5.41, 5.74) is 0. The van der Waals surface area contributed by atoms with Crippen LogP contribution in [0.15, 0.2) is 0 Å². The van der Waals surface area contributed by atoms with E-state index in [1.807, 2.05) is 6.92 Å². The van der Waals surface area contributed by atoms with Gasteiger partial charge in [0.25, 0.3) is 0 Å². The summed E-state index contributed by atoms with van der Waals surface area (Å²) < 4.78 is 5.27. The number of piperidine rings is 1. The molecule has 1 saturated heterocycles. The van der Waals surface area contributed by atoms with Crippen LogP contribution in [0, 0.1) is 5.92 Å². The number of hydrogen-bond acceptors (Lipinski definition) is 3. The van der Waals surface area contributed by atoms with Crippen molar-refractivity contribution in [1.29, 1.82) is 0 Å². The third-order valence-corrected chi connectivity index (χ3v) is 3.20. The molecule has 2 atom stereocenters. The van der Waals surface area contributed by atoms with E-state index in [-0.39, 0.29) is 6.04 Å². The third kappa shape index (κ3) is 4.10. The molecule has 4 heteroatoms. The van der Waals surface area contributed by atoms with E-state index < -0.39 is 5.97 Å². The largest absolute Gasteiger partial charge is 0.480 e. The first-order valence-corrected chi connectivity index (χ1v) is 6.19. The molecule has 1 fully saturated rings. The lowest BCUT2D eigenvalue weighted by atomic mass is 9.92. The van der Waals surface area contributed by atoms with Crippen molar-refractivity contribution in [2.45, 2.75) is 39.2 Å². The molecule has 0 aromatic carbocycles. The second-order valence-electron chi connectivity index (χ2n) is 4.57. The zero-order valence-electron chi connectivity index (χ0n) is 10.3. The first kappa shape index (κ1) is 13.5. The minimum Gasteiger partial charge on any atom is -0.480 e. The molecule has 1 heterocycles. The number of carbonyl (C=O) groups is 1. The zero-order valence-corrected chi connectivity index (χ0v) is 10.3. The van der Waals surface area contributed by atoms with Crippen molar-refractivity contribution >= 4 is 5.97 Å². The Hall–Kier alpha value is -0.610. The van der Waals surface area contributed by atoms with Crippen molar-refractivity contribution in [2.24, 2.45) is 5.92 Å². The number of ether oxygens (including phenoxy) is 1. The topological polar surface area (TPSA) is 49.8 Å². The molecule has 0 spiro atoms. The molecule has 1 rings (SSSR count). The van der Waals surface area contributed by atoms with Crippen LogP contribution in [0.1, 0.15) is 33.1 Å². The van der Waals surface area contributed by atoms with Crippen LogP contribution in [0.2, 0.25) is 0 Å². The van der Waals surface area contributed by atoms with Crippen LogP contribution in [-0.2, 0) is 9.53 Å². The van der Waals surface area contributed by atoms with Gasteiger partial charge < -0.3 is 9.84 Å². The van der Waals surface area contributed by atoms with E-state index in [0.29, 0.717) is 5.92 Å². The maximum absolute atomic E-state index is 11.1. The number of carboxylic acids is 1. The Kier molecular flexibility index (Phi) is 5.77. The lowest BCUT2D eigenvalue weighted by molar-refractivity contribution is -0.145. The highest BCUT2D eigenvalue weighted by Gasteiger charge is 2.30. The second kappa shape index (κ2) is 6.86. The molecule has 0 aliphatic carbocycles. The van der Waals surface area contributed by atoms with Crippen molar-refractivity contribution in [2.75, 3.05) is 26.3 Å². The van der Waals surface area contributed by atoms with Crippen molar-refractivity contribution in [1.82, 2.24) is 4.90 Å². The molecule has 16 heavy (non-hydrogen) atoms. The molecule has 1 aliphatic rings. The average molecular weight is 229 g/mol. The van der Waals surface area contributed by atoms with Gasteiger partial charge in [-0.05, 0) is 38.6 Å². The Labute approximate surface area is 97.6 Å². The smallest absolute Gasteiger partial charge is 0.320 e. The highest BCUT2D eigenvalue weighted by atomic mass is 16.5. The minimum atomic E-state index is -0.678. The zero-order chi connectivity index (χ0) is 12.0. The molecule has 1 N–H and O–H groups in total. The van der Waals surface area contributed by atoms with Gasteiger partial charge in [0.1, 0.15) is 6.04 Å². The van der Waals surface area contributed by atoms with Crippen LogP contribution in [0.25, 0.3) is 0 Å². The molecule has 0 bridgehead atoms. The van der Waals surface area contributed by atoms with E-state index in [1.165, 1.54) is 0 Å². The minimum absolute atomic E-state index is 0.287. The van der Waals surface area contributed by atoms with Gasteiger partial charge in [-0.1, -0.05) is 6.92 Å². The fourth-order valence-electron chi connectivity index (χ4n) is 2.23. The fourth-order valence-corrected chi connectivity index (χ4v) is 2.23. The van der Waals surface area contributed by atoms with Crippen molar-refractivity contribution in [3.63, 3.8) is 0 Å².